The summed E-state index contributed by atoms with van der Waals surface area (Å²) in [6, 6.07) is 7.54. The summed E-state index contributed by atoms with van der Waals surface area (Å²) in [5.74, 6) is 1.63. The fraction of sp³-hybridized carbons (Fsp3) is 0.632. The zero-order chi connectivity index (χ0) is 18.8. The first kappa shape index (κ1) is 21.0. The highest BCUT2D eigenvalue weighted by molar-refractivity contribution is 7.99. The van der Waals surface area contributed by atoms with Crippen LogP contribution in [0.5, 0.6) is 0 Å². The van der Waals surface area contributed by atoms with Gasteiger partial charge in [0, 0.05) is 43.7 Å². The van der Waals surface area contributed by atoms with Gasteiger partial charge in [0.25, 0.3) is 0 Å². The number of rotatable bonds is 8. The van der Waals surface area contributed by atoms with Crippen molar-refractivity contribution in [2.24, 2.45) is 4.99 Å². The fourth-order valence-corrected chi connectivity index (χ4v) is 3.83. The molecule has 1 aliphatic rings. The van der Waals surface area contributed by atoms with Gasteiger partial charge in [-0.3, -0.25) is 9.89 Å². The largest absolute Gasteiger partial charge is 0.379 e. The summed E-state index contributed by atoms with van der Waals surface area (Å²) >= 11 is 1.74. The van der Waals surface area contributed by atoms with Crippen LogP contribution >= 0.6 is 11.8 Å². The van der Waals surface area contributed by atoms with Crippen LogP contribution in [0.4, 0.5) is 4.39 Å². The molecule has 1 heterocycles. The first-order valence-electron chi connectivity index (χ1n) is 9.26. The first-order chi connectivity index (χ1) is 12.6. The van der Waals surface area contributed by atoms with Crippen molar-refractivity contribution < 1.29 is 9.13 Å². The topological polar surface area (TPSA) is 48.9 Å². The minimum absolute atomic E-state index is 0.188. The van der Waals surface area contributed by atoms with Crippen molar-refractivity contribution in [3.8, 4) is 0 Å². The van der Waals surface area contributed by atoms with Gasteiger partial charge in [-0.15, -0.1) is 11.8 Å². The minimum Gasteiger partial charge on any atom is -0.379 e. The molecule has 1 aromatic carbocycles. The smallest absolute Gasteiger partial charge is 0.191 e. The number of hydrogen-bond acceptors (Lipinski definition) is 4. The average molecular weight is 383 g/mol. The number of nitrogens with zero attached hydrogens (tertiary/aromatic N) is 2. The number of aliphatic imine (C=N–C) groups is 1. The summed E-state index contributed by atoms with van der Waals surface area (Å²) in [4.78, 5) is 7.87. The van der Waals surface area contributed by atoms with Crippen LogP contribution in [0.15, 0.2) is 34.2 Å². The van der Waals surface area contributed by atoms with Crippen LogP contribution in [-0.4, -0.2) is 68.6 Å². The van der Waals surface area contributed by atoms with E-state index in [-0.39, 0.29) is 5.82 Å². The molecule has 0 aliphatic carbocycles. The van der Waals surface area contributed by atoms with E-state index in [2.05, 4.69) is 34.4 Å². The SMILES string of the molecule is CN=C(NCCCSc1ccc(F)cc1)NCC(C)N1CCOCC1C. The monoisotopic (exact) mass is 382 g/mol. The Bertz CT molecular complexity index is 555. The Hall–Kier alpha value is -1.31. The van der Waals surface area contributed by atoms with E-state index in [9.17, 15) is 4.39 Å². The molecule has 0 bridgehead atoms. The third kappa shape index (κ3) is 7.13. The van der Waals surface area contributed by atoms with Crippen LogP contribution in [0.1, 0.15) is 20.3 Å². The highest BCUT2D eigenvalue weighted by Gasteiger charge is 2.23. The Kier molecular flexibility index (Phi) is 9.22. The van der Waals surface area contributed by atoms with Gasteiger partial charge in [0.05, 0.1) is 13.2 Å². The highest BCUT2D eigenvalue weighted by Crippen LogP contribution is 2.18. The molecule has 146 valence electrons. The van der Waals surface area contributed by atoms with E-state index in [1.54, 1.807) is 18.8 Å². The van der Waals surface area contributed by atoms with Crippen LogP contribution in [0.3, 0.4) is 0 Å². The Morgan fingerprint density at radius 1 is 1.38 bits per heavy atom. The minimum atomic E-state index is -0.188. The molecule has 0 saturated carbocycles. The van der Waals surface area contributed by atoms with Crippen LogP contribution in [0, 0.1) is 5.82 Å². The summed E-state index contributed by atoms with van der Waals surface area (Å²) in [5, 5.41) is 6.77. The maximum Gasteiger partial charge on any atom is 0.191 e. The van der Waals surface area contributed by atoms with Gasteiger partial charge < -0.3 is 15.4 Å². The molecule has 0 amide bonds. The third-order valence-electron chi connectivity index (χ3n) is 4.47. The lowest BCUT2D eigenvalue weighted by atomic mass is 10.2. The number of guanidine groups is 1. The molecule has 7 heteroatoms. The third-order valence-corrected chi connectivity index (χ3v) is 5.57. The molecule has 1 saturated heterocycles. The lowest BCUT2D eigenvalue weighted by Gasteiger charge is -2.38. The van der Waals surface area contributed by atoms with Crippen LogP contribution < -0.4 is 10.6 Å². The highest BCUT2D eigenvalue weighted by atomic mass is 32.2. The van der Waals surface area contributed by atoms with Crippen molar-refractivity contribution in [1.29, 1.82) is 0 Å². The number of morpholine rings is 1. The Morgan fingerprint density at radius 2 is 2.15 bits per heavy atom. The summed E-state index contributed by atoms with van der Waals surface area (Å²) < 4.78 is 18.4. The van der Waals surface area contributed by atoms with Crippen molar-refractivity contribution in [3.05, 3.63) is 30.1 Å². The molecule has 2 atom stereocenters. The normalized spacial score (nSPS) is 20.0. The zero-order valence-electron chi connectivity index (χ0n) is 16.0. The molecule has 5 nitrogen and oxygen atoms in total. The second-order valence-corrected chi connectivity index (χ2v) is 7.71. The molecule has 1 fully saturated rings. The molecule has 1 aliphatic heterocycles. The van der Waals surface area contributed by atoms with Crippen LogP contribution in [0.25, 0.3) is 0 Å². The second-order valence-electron chi connectivity index (χ2n) is 6.55. The lowest BCUT2D eigenvalue weighted by molar-refractivity contribution is -0.0174. The molecular formula is C19H31FN4OS. The van der Waals surface area contributed by atoms with Gasteiger partial charge in [-0.05, 0) is 50.3 Å². The molecule has 0 spiro atoms. The summed E-state index contributed by atoms with van der Waals surface area (Å²) in [5.41, 5.74) is 0. The van der Waals surface area contributed by atoms with Gasteiger partial charge in [0.15, 0.2) is 5.96 Å². The maximum atomic E-state index is 12.9. The van der Waals surface area contributed by atoms with E-state index in [1.165, 1.54) is 12.1 Å². The number of ether oxygens (including phenoxy) is 1. The van der Waals surface area contributed by atoms with Crippen molar-refractivity contribution in [2.45, 2.75) is 37.2 Å². The van der Waals surface area contributed by atoms with Crippen molar-refractivity contribution in [1.82, 2.24) is 15.5 Å². The van der Waals surface area contributed by atoms with Crippen molar-refractivity contribution >= 4 is 17.7 Å². The predicted octanol–water partition coefficient (Wildman–Crippen LogP) is 2.58. The molecule has 0 aromatic heterocycles. The van der Waals surface area contributed by atoms with Gasteiger partial charge in [-0.1, -0.05) is 0 Å². The summed E-state index contributed by atoms with van der Waals surface area (Å²) in [6.45, 7) is 8.76. The van der Waals surface area contributed by atoms with E-state index < -0.39 is 0 Å². The van der Waals surface area contributed by atoms with E-state index in [1.807, 2.05) is 12.1 Å². The summed E-state index contributed by atoms with van der Waals surface area (Å²) in [7, 11) is 1.80. The van der Waals surface area contributed by atoms with Gasteiger partial charge in [0.1, 0.15) is 5.82 Å². The van der Waals surface area contributed by atoms with E-state index in [0.717, 1.165) is 55.9 Å². The van der Waals surface area contributed by atoms with E-state index in [4.69, 9.17) is 4.74 Å². The number of halogens is 1. The number of thioether (sulfide) groups is 1. The van der Waals surface area contributed by atoms with Gasteiger partial charge in [-0.25, -0.2) is 4.39 Å². The molecule has 1 aromatic rings. The number of hydrogen-bond donors (Lipinski definition) is 2. The molecule has 26 heavy (non-hydrogen) atoms. The molecule has 2 N–H and O–H groups in total. The number of benzene rings is 1. The standard InChI is InChI=1S/C19H31FN4OS/c1-15(24-10-11-25-14-16(24)2)13-23-19(21-3)22-9-4-12-26-18-7-5-17(20)6-8-18/h5-8,15-16H,4,9-14H2,1-3H3,(H2,21,22,23). The first-order valence-corrected chi connectivity index (χ1v) is 10.2. The molecule has 2 unspecified atom stereocenters. The molecule has 2 rings (SSSR count). The van der Waals surface area contributed by atoms with Gasteiger partial charge >= 0.3 is 0 Å². The van der Waals surface area contributed by atoms with E-state index in [0.29, 0.717) is 12.1 Å². The van der Waals surface area contributed by atoms with Crippen molar-refractivity contribution in [3.63, 3.8) is 0 Å². The average Bonchev–Trinajstić information content (AvgIpc) is 2.65. The summed E-state index contributed by atoms with van der Waals surface area (Å²) in [6.07, 6.45) is 1.01. The Morgan fingerprint density at radius 3 is 2.85 bits per heavy atom. The lowest BCUT2D eigenvalue weighted by Crippen LogP contribution is -2.53. The zero-order valence-corrected chi connectivity index (χ0v) is 16.8. The van der Waals surface area contributed by atoms with Crippen LogP contribution in [-0.2, 0) is 4.74 Å². The Balaban J connectivity index is 1.60. The van der Waals surface area contributed by atoms with Gasteiger partial charge in [0.2, 0.25) is 0 Å². The Labute approximate surface area is 160 Å². The van der Waals surface area contributed by atoms with Crippen LogP contribution in [0.2, 0.25) is 0 Å². The number of nitrogens with one attached hydrogen (secondary N) is 2. The van der Waals surface area contributed by atoms with Gasteiger partial charge in [-0.2, -0.15) is 0 Å². The quantitative estimate of drug-likeness (QED) is 0.313. The second kappa shape index (κ2) is 11.4. The fourth-order valence-electron chi connectivity index (χ4n) is 2.98. The van der Waals surface area contributed by atoms with Crippen molar-refractivity contribution in [2.75, 3.05) is 45.6 Å². The predicted molar refractivity (Wildman–Crippen MR) is 108 cm³/mol. The molecular weight excluding hydrogens is 351 g/mol. The van der Waals surface area contributed by atoms with E-state index >= 15 is 0 Å². The maximum absolute atomic E-state index is 12.9. The molecule has 0 radical (unpaired) electrons.